The fourth-order valence-electron chi connectivity index (χ4n) is 0.661. The molecule has 0 amide bonds. The van der Waals surface area contributed by atoms with Crippen LogP contribution in [0, 0.1) is 0 Å². The van der Waals surface area contributed by atoms with Crippen LogP contribution in [-0.4, -0.2) is 39.6 Å². The lowest BCUT2D eigenvalue weighted by Crippen LogP contribution is -3.00. The number of hydrogen-bond donors (Lipinski definition) is 1. The fourth-order valence-corrected chi connectivity index (χ4v) is 1.97. The molecule has 0 aliphatic carbocycles. The van der Waals surface area contributed by atoms with Crippen LogP contribution in [0.25, 0.3) is 0 Å². The molecule has 0 aliphatic rings. The first-order chi connectivity index (χ1) is 4.52. The Kier molecular flexibility index (Phi) is 5.29. The summed E-state index contributed by atoms with van der Waals surface area (Å²) in [6.45, 7) is 1.05. The van der Waals surface area contributed by atoms with E-state index in [1.54, 1.807) is 0 Å². The van der Waals surface area contributed by atoms with Crippen molar-refractivity contribution >= 4 is 22.6 Å². The maximum absolute atomic E-state index is 2.37. The maximum Gasteiger partial charge on any atom is 0.104 e. The molecule has 0 unspecified atom stereocenters. The lowest BCUT2D eigenvalue weighted by atomic mass is 10.5. The summed E-state index contributed by atoms with van der Waals surface area (Å²) < 4.78 is 1.39. The van der Waals surface area contributed by atoms with Gasteiger partial charge in [0.1, 0.15) is 6.20 Å². The Morgan fingerprint density at radius 1 is 1.50 bits per heavy atom. The molecular formula is C7H16IN2+. The Morgan fingerprint density at radius 3 is 2.30 bits per heavy atom. The average Bonchev–Trinajstić information content (AvgIpc) is 1.58. The standard InChI is InChI=1S/C7H15IN2/c1-9(2)5-7(8)6-10(3)4/h5H,6H2,1-4H3/p+1/b7-5-. The van der Waals surface area contributed by atoms with Crippen molar-refractivity contribution in [2.45, 2.75) is 0 Å². The van der Waals surface area contributed by atoms with Crippen molar-refractivity contribution in [2.24, 2.45) is 0 Å². The molecule has 60 valence electrons. The lowest BCUT2D eigenvalue weighted by Gasteiger charge is -2.08. The van der Waals surface area contributed by atoms with Crippen molar-refractivity contribution in [3.63, 3.8) is 0 Å². The Bertz CT molecular complexity index is 119. The normalized spacial score (nSPS) is 13.3. The van der Waals surface area contributed by atoms with Crippen molar-refractivity contribution in [3.8, 4) is 0 Å². The summed E-state index contributed by atoms with van der Waals surface area (Å²) in [5.74, 6) is 0. The van der Waals surface area contributed by atoms with Gasteiger partial charge in [-0.2, -0.15) is 0 Å². The van der Waals surface area contributed by atoms with Gasteiger partial charge in [0.05, 0.1) is 17.7 Å². The molecule has 0 heterocycles. The zero-order chi connectivity index (χ0) is 8.15. The van der Waals surface area contributed by atoms with Crippen molar-refractivity contribution in [2.75, 3.05) is 34.7 Å². The number of nitrogens with one attached hydrogen (secondary N) is 1. The molecular weight excluding hydrogens is 239 g/mol. The Morgan fingerprint density at radius 2 is 2.00 bits per heavy atom. The van der Waals surface area contributed by atoms with Crippen LogP contribution in [0.15, 0.2) is 9.78 Å². The first-order valence-electron chi connectivity index (χ1n) is 3.33. The highest BCUT2D eigenvalue weighted by Gasteiger charge is 1.96. The molecule has 0 saturated heterocycles. The Balaban J connectivity index is 3.71. The topological polar surface area (TPSA) is 7.68 Å². The van der Waals surface area contributed by atoms with Gasteiger partial charge < -0.3 is 9.80 Å². The zero-order valence-electron chi connectivity index (χ0n) is 7.11. The molecule has 0 aromatic heterocycles. The van der Waals surface area contributed by atoms with Crippen molar-refractivity contribution in [3.05, 3.63) is 9.78 Å². The molecule has 0 bridgehead atoms. The Hall–Kier alpha value is 0.390. The number of rotatable bonds is 3. The molecule has 2 nitrogen and oxygen atoms in total. The predicted molar refractivity (Wildman–Crippen MR) is 53.5 cm³/mol. The lowest BCUT2D eigenvalue weighted by molar-refractivity contribution is -0.801. The van der Waals surface area contributed by atoms with E-state index < -0.39 is 0 Å². The number of likely N-dealkylation sites (N-methyl/N-ethyl adjacent to an activating group) is 1. The highest BCUT2D eigenvalue weighted by molar-refractivity contribution is 14.1. The summed E-state index contributed by atoms with van der Waals surface area (Å²) in [6, 6.07) is 0. The highest BCUT2D eigenvalue weighted by Crippen LogP contribution is 2.02. The van der Waals surface area contributed by atoms with E-state index in [0.29, 0.717) is 0 Å². The summed E-state index contributed by atoms with van der Waals surface area (Å²) in [4.78, 5) is 3.53. The summed E-state index contributed by atoms with van der Waals surface area (Å²) in [7, 11) is 8.40. The van der Waals surface area contributed by atoms with Gasteiger partial charge in [-0.3, -0.25) is 0 Å². The van der Waals surface area contributed by atoms with Crippen molar-refractivity contribution < 1.29 is 4.90 Å². The molecule has 0 spiro atoms. The van der Waals surface area contributed by atoms with E-state index in [4.69, 9.17) is 0 Å². The van der Waals surface area contributed by atoms with Gasteiger partial charge >= 0.3 is 0 Å². The minimum atomic E-state index is 1.05. The van der Waals surface area contributed by atoms with Gasteiger partial charge in [0.15, 0.2) is 0 Å². The number of quaternary nitrogens is 1. The Labute approximate surface area is 77.0 Å². The molecule has 0 aromatic rings. The zero-order valence-corrected chi connectivity index (χ0v) is 9.27. The van der Waals surface area contributed by atoms with Gasteiger partial charge in [0, 0.05) is 6.54 Å². The van der Waals surface area contributed by atoms with Crippen LogP contribution >= 0.6 is 22.6 Å². The van der Waals surface area contributed by atoms with Gasteiger partial charge in [0.25, 0.3) is 0 Å². The number of hydrogen-bond acceptors (Lipinski definition) is 1. The van der Waals surface area contributed by atoms with E-state index in [-0.39, 0.29) is 0 Å². The van der Waals surface area contributed by atoms with E-state index in [0.717, 1.165) is 6.54 Å². The second-order valence-electron chi connectivity index (χ2n) is 2.91. The third-order valence-corrected chi connectivity index (χ3v) is 1.57. The second kappa shape index (κ2) is 5.09. The smallest absolute Gasteiger partial charge is 0.104 e. The first kappa shape index (κ1) is 10.4. The SMILES string of the molecule is CN(C)C/C(I)=C/[NH+](C)C. The first-order valence-corrected chi connectivity index (χ1v) is 4.41. The molecule has 0 saturated carbocycles. The van der Waals surface area contributed by atoms with Gasteiger partial charge in [-0.25, -0.2) is 0 Å². The minimum Gasteiger partial charge on any atom is -0.313 e. The van der Waals surface area contributed by atoms with Gasteiger partial charge in [-0.05, 0) is 36.7 Å². The van der Waals surface area contributed by atoms with E-state index in [1.165, 1.54) is 8.48 Å². The second-order valence-corrected chi connectivity index (χ2v) is 4.29. The van der Waals surface area contributed by atoms with Crippen LogP contribution in [0.4, 0.5) is 0 Å². The molecule has 1 N–H and O–H groups in total. The van der Waals surface area contributed by atoms with E-state index >= 15 is 0 Å². The molecule has 0 rings (SSSR count). The van der Waals surface area contributed by atoms with Crippen LogP contribution in [0.3, 0.4) is 0 Å². The van der Waals surface area contributed by atoms with E-state index in [2.05, 4.69) is 61.9 Å². The summed E-state index contributed by atoms with van der Waals surface area (Å²) in [6.07, 6.45) is 2.21. The monoisotopic (exact) mass is 255 g/mol. The summed E-state index contributed by atoms with van der Waals surface area (Å²) >= 11 is 2.37. The summed E-state index contributed by atoms with van der Waals surface area (Å²) in [5, 5.41) is 0. The molecule has 0 aromatic carbocycles. The number of halogens is 1. The minimum absolute atomic E-state index is 1.05. The molecule has 0 atom stereocenters. The predicted octanol–water partition coefficient (Wildman–Crippen LogP) is -0.0311. The van der Waals surface area contributed by atoms with Gasteiger partial charge in [0.2, 0.25) is 0 Å². The third kappa shape index (κ3) is 6.51. The molecule has 10 heavy (non-hydrogen) atoms. The highest BCUT2D eigenvalue weighted by atomic mass is 127. The molecule has 0 radical (unpaired) electrons. The van der Waals surface area contributed by atoms with Crippen LogP contribution in [-0.2, 0) is 0 Å². The van der Waals surface area contributed by atoms with Crippen molar-refractivity contribution in [1.82, 2.24) is 4.90 Å². The molecule has 0 fully saturated rings. The fraction of sp³-hybridized carbons (Fsp3) is 0.714. The maximum atomic E-state index is 2.37. The van der Waals surface area contributed by atoms with E-state index in [9.17, 15) is 0 Å². The molecule has 0 aliphatic heterocycles. The number of nitrogens with zero attached hydrogens (tertiary/aromatic N) is 1. The van der Waals surface area contributed by atoms with Crippen LogP contribution < -0.4 is 4.90 Å². The third-order valence-electron chi connectivity index (χ3n) is 0.913. The largest absolute Gasteiger partial charge is 0.313 e. The van der Waals surface area contributed by atoms with Crippen LogP contribution in [0.2, 0.25) is 0 Å². The van der Waals surface area contributed by atoms with Crippen molar-refractivity contribution in [1.29, 1.82) is 0 Å². The van der Waals surface area contributed by atoms with Gasteiger partial charge in [-0.1, -0.05) is 0 Å². The molecule has 3 heteroatoms. The average molecular weight is 255 g/mol. The summed E-state index contributed by atoms with van der Waals surface area (Å²) in [5.41, 5.74) is 0. The van der Waals surface area contributed by atoms with E-state index in [1.807, 2.05) is 0 Å². The quantitative estimate of drug-likeness (QED) is 0.696. The van der Waals surface area contributed by atoms with Crippen LogP contribution in [0.5, 0.6) is 0 Å². The van der Waals surface area contributed by atoms with Crippen LogP contribution in [0.1, 0.15) is 0 Å². The van der Waals surface area contributed by atoms with Gasteiger partial charge in [-0.15, -0.1) is 0 Å².